The Morgan fingerprint density at radius 2 is 2.26 bits per heavy atom. The Hall–Kier alpha value is -1.66. The van der Waals surface area contributed by atoms with Crippen LogP contribution in [0.1, 0.15) is 40.0 Å². The Kier molecular flexibility index (Phi) is 4.01. The maximum Gasteiger partial charge on any atom is 0.407 e. The zero-order valence-electron chi connectivity index (χ0n) is 11.7. The normalized spacial score (nSPS) is 23.3. The van der Waals surface area contributed by atoms with Crippen molar-refractivity contribution in [2.24, 2.45) is 5.92 Å². The van der Waals surface area contributed by atoms with Gasteiger partial charge in [-0.2, -0.15) is 0 Å². The lowest BCUT2D eigenvalue weighted by Gasteiger charge is -2.21. The quantitative estimate of drug-likeness (QED) is 0.894. The van der Waals surface area contributed by atoms with Crippen molar-refractivity contribution in [3.05, 3.63) is 6.33 Å². The van der Waals surface area contributed by atoms with E-state index >= 15 is 0 Å². The number of nitrogens with zero attached hydrogens (tertiary/aromatic N) is 4. The molecule has 2 atom stereocenters. The van der Waals surface area contributed by atoms with E-state index in [0.717, 1.165) is 25.8 Å². The van der Waals surface area contributed by atoms with E-state index in [1.165, 1.54) is 0 Å². The number of carbonyl (C=O) groups excluding carboxylic acids is 1. The number of amides is 1. The molecule has 1 amide bonds. The van der Waals surface area contributed by atoms with Crippen molar-refractivity contribution in [3.63, 3.8) is 0 Å². The Labute approximate surface area is 112 Å². The Morgan fingerprint density at radius 3 is 2.89 bits per heavy atom. The van der Waals surface area contributed by atoms with Gasteiger partial charge in [-0.3, -0.25) is 0 Å². The molecule has 0 radical (unpaired) electrons. The second-order valence-corrected chi connectivity index (χ2v) is 6.05. The highest BCUT2D eigenvalue weighted by molar-refractivity contribution is 5.68. The second-order valence-electron chi connectivity index (χ2n) is 6.05. The fourth-order valence-corrected chi connectivity index (χ4v) is 2.37. The van der Waals surface area contributed by atoms with E-state index in [-0.39, 0.29) is 12.1 Å². The predicted molar refractivity (Wildman–Crippen MR) is 68.3 cm³/mol. The number of carbonyl (C=O) groups is 1. The first-order valence-electron chi connectivity index (χ1n) is 6.62. The molecule has 1 aliphatic carbocycles. The fourth-order valence-electron chi connectivity index (χ4n) is 2.37. The van der Waals surface area contributed by atoms with E-state index in [4.69, 9.17) is 4.74 Å². The lowest BCUT2D eigenvalue weighted by molar-refractivity contribution is 0.0504. The molecule has 7 nitrogen and oxygen atoms in total. The molecule has 19 heavy (non-hydrogen) atoms. The molecule has 1 aliphatic rings. The van der Waals surface area contributed by atoms with Gasteiger partial charge in [-0.1, -0.05) is 0 Å². The maximum atomic E-state index is 11.7. The first-order valence-corrected chi connectivity index (χ1v) is 6.62. The molecule has 1 N–H and O–H groups in total. The topological polar surface area (TPSA) is 81.9 Å². The molecular formula is C12H21N5O2. The molecule has 1 aromatic rings. The molecule has 0 aromatic carbocycles. The van der Waals surface area contributed by atoms with Gasteiger partial charge in [-0.25, -0.2) is 9.48 Å². The predicted octanol–water partition coefficient (Wildman–Crippen LogP) is 1.37. The van der Waals surface area contributed by atoms with Crippen LogP contribution in [0.25, 0.3) is 0 Å². The number of ether oxygens (including phenoxy) is 1. The van der Waals surface area contributed by atoms with Gasteiger partial charge in [0.05, 0.1) is 0 Å². The summed E-state index contributed by atoms with van der Waals surface area (Å²) >= 11 is 0. The van der Waals surface area contributed by atoms with Crippen LogP contribution in [0.4, 0.5) is 4.79 Å². The highest BCUT2D eigenvalue weighted by Crippen LogP contribution is 2.26. The summed E-state index contributed by atoms with van der Waals surface area (Å²) in [5.74, 6) is 0.503. The average molecular weight is 267 g/mol. The summed E-state index contributed by atoms with van der Waals surface area (Å²) < 4.78 is 6.99. The molecule has 0 aliphatic heterocycles. The third-order valence-corrected chi connectivity index (χ3v) is 3.10. The van der Waals surface area contributed by atoms with E-state index in [9.17, 15) is 4.79 Å². The lowest BCUT2D eigenvalue weighted by atomic mass is 10.1. The van der Waals surface area contributed by atoms with Crippen LogP contribution in [-0.4, -0.2) is 37.9 Å². The van der Waals surface area contributed by atoms with Gasteiger partial charge in [-0.15, -0.1) is 5.10 Å². The summed E-state index contributed by atoms with van der Waals surface area (Å²) in [6.07, 6.45) is 4.28. The first kappa shape index (κ1) is 13.8. The van der Waals surface area contributed by atoms with Crippen LogP contribution in [0.5, 0.6) is 0 Å². The molecule has 0 unspecified atom stereocenters. The standard InChI is InChI=1S/C12H21N5O2/c1-12(2,3)19-11(18)14-10-5-4-9(6-10)7-17-8-13-15-16-17/h8-10H,4-7H2,1-3H3,(H,14,18)/t9-,10+/m1/s1. The second kappa shape index (κ2) is 5.54. The Morgan fingerprint density at radius 1 is 1.47 bits per heavy atom. The van der Waals surface area contributed by atoms with Crippen LogP contribution in [0.2, 0.25) is 0 Å². The van der Waals surface area contributed by atoms with Gasteiger partial charge in [0.2, 0.25) is 0 Å². The summed E-state index contributed by atoms with van der Waals surface area (Å²) in [7, 11) is 0. The van der Waals surface area contributed by atoms with Crippen molar-refractivity contribution in [3.8, 4) is 0 Å². The average Bonchev–Trinajstić information content (AvgIpc) is 2.88. The third kappa shape index (κ3) is 4.50. The molecular weight excluding hydrogens is 246 g/mol. The first-order chi connectivity index (χ1) is 8.92. The van der Waals surface area contributed by atoms with Crippen molar-refractivity contribution in [1.82, 2.24) is 25.5 Å². The van der Waals surface area contributed by atoms with E-state index in [1.54, 1.807) is 11.0 Å². The molecule has 106 valence electrons. The largest absolute Gasteiger partial charge is 0.444 e. The number of hydrogen-bond acceptors (Lipinski definition) is 5. The zero-order valence-corrected chi connectivity index (χ0v) is 11.7. The number of tetrazole rings is 1. The smallest absolute Gasteiger partial charge is 0.407 e. The van der Waals surface area contributed by atoms with Gasteiger partial charge in [0.15, 0.2) is 0 Å². The van der Waals surface area contributed by atoms with Crippen LogP contribution in [0.3, 0.4) is 0 Å². The van der Waals surface area contributed by atoms with E-state index in [2.05, 4.69) is 20.8 Å². The summed E-state index contributed by atoms with van der Waals surface area (Å²) in [6.45, 7) is 6.39. The van der Waals surface area contributed by atoms with Gasteiger partial charge >= 0.3 is 6.09 Å². The van der Waals surface area contributed by atoms with Crippen molar-refractivity contribution >= 4 is 6.09 Å². The highest BCUT2D eigenvalue weighted by atomic mass is 16.6. The number of alkyl carbamates (subject to hydrolysis) is 1. The van der Waals surface area contributed by atoms with Crippen molar-refractivity contribution in [1.29, 1.82) is 0 Å². The fraction of sp³-hybridized carbons (Fsp3) is 0.833. The molecule has 1 saturated carbocycles. The number of nitrogens with one attached hydrogen (secondary N) is 1. The summed E-state index contributed by atoms with van der Waals surface area (Å²) in [5, 5.41) is 14.0. The van der Waals surface area contributed by atoms with Crippen molar-refractivity contribution in [2.75, 3.05) is 0 Å². The zero-order chi connectivity index (χ0) is 13.9. The molecule has 7 heteroatoms. The Balaban J connectivity index is 1.74. The van der Waals surface area contributed by atoms with Gasteiger partial charge in [0.25, 0.3) is 0 Å². The molecule has 1 fully saturated rings. The van der Waals surface area contributed by atoms with Crippen LogP contribution in [-0.2, 0) is 11.3 Å². The molecule has 2 rings (SSSR count). The van der Waals surface area contributed by atoms with Gasteiger partial charge in [0.1, 0.15) is 11.9 Å². The van der Waals surface area contributed by atoms with Crippen LogP contribution >= 0.6 is 0 Å². The van der Waals surface area contributed by atoms with E-state index in [0.29, 0.717) is 5.92 Å². The monoisotopic (exact) mass is 267 g/mol. The van der Waals surface area contributed by atoms with Crippen LogP contribution in [0, 0.1) is 5.92 Å². The number of aromatic nitrogens is 4. The van der Waals surface area contributed by atoms with E-state index < -0.39 is 5.60 Å². The molecule has 0 spiro atoms. The maximum absolute atomic E-state index is 11.7. The minimum atomic E-state index is -0.450. The highest BCUT2D eigenvalue weighted by Gasteiger charge is 2.28. The molecule has 0 bridgehead atoms. The SMILES string of the molecule is CC(C)(C)OC(=O)N[C@H]1CC[C@@H](Cn2cnnn2)C1. The summed E-state index contributed by atoms with van der Waals surface area (Å²) in [6, 6.07) is 0.191. The molecule has 1 heterocycles. The van der Waals surface area contributed by atoms with Gasteiger partial charge in [0, 0.05) is 12.6 Å². The van der Waals surface area contributed by atoms with Crippen LogP contribution < -0.4 is 5.32 Å². The van der Waals surface area contributed by atoms with Crippen molar-refractivity contribution in [2.45, 2.75) is 58.2 Å². The molecule has 0 saturated heterocycles. The van der Waals surface area contributed by atoms with E-state index in [1.807, 2.05) is 20.8 Å². The van der Waals surface area contributed by atoms with Crippen LogP contribution in [0.15, 0.2) is 6.33 Å². The minimum Gasteiger partial charge on any atom is -0.444 e. The summed E-state index contributed by atoms with van der Waals surface area (Å²) in [5.41, 5.74) is -0.450. The van der Waals surface area contributed by atoms with Crippen molar-refractivity contribution < 1.29 is 9.53 Å². The Bertz CT molecular complexity index is 412. The number of hydrogen-bond donors (Lipinski definition) is 1. The van der Waals surface area contributed by atoms with Gasteiger partial charge in [-0.05, 0) is 56.4 Å². The third-order valence-electron chi connectivity index (χ3n) is 3.10. The lowest BCUT2D eigenvalue weighted by Crippen LogP contribution is -2.38. The summed E-state index contributed by atoms with van der Waals surface area (Å²) in [4.78, 5) is 11.7. The minimum absolute atomic E-state index is 0.191. The molecule has 1 aromatic heterocycles. The number of rotatable bonds is 3. The van der Waals surface area contributed by atoms with Gasteiger partial charge < -0.3 is 10.1 Å².